The number of anilines is 2. The van der Waals surface area contributed by atoms with Gasteiger partial charge in [-0.05, 0) is 36.4 Å². The Kier molecular flexibility index (Phi) is 5.88. The first-order valence-corrected chi connectivity index (χ1v) is 8.88. The summed E-state index contributed by atoms with van der Waals surface area (Å²) in [6.07, 6.45) is 0. The highest BCUT2D eigenvalue weighted by Gasteiger charge is 2.25. The zero-order chi connectivity index (χ0) is 21.7. The molecule has 3 aromatic rings. The van der Waals surface area contributed by atoms with Crippen LogP contribution < -0.4 is 22.1 Å². The van der Waals surface area contributed by atoms with Gasteiger partial charge in [-0.1, -0.05) is 36.4 Å². The van der Waals surface area contributed by atoms with Crippen molar-refractivity contribution in [1.29, 1.82) is 0 Å². The highest BCUT2D eigenvalue weighted by atomic mass is 16.2. The highest BCUT2D eigenvalue weighted by molar-refractivity contribution is 6.22. The Bertz CT molecular complexity index is 1000. The number of nitrogens with one attached hydrogen (secondary N) is 2. The molecule has 8 nitrogen and oxygen atoms in total. The minimum absolute atomic E-state index is 0.300. The third-order valence-electron chi connectivity index (χ3n) is 4.28. The number of nitrogens with two attached hydrogens (primary N) is 2. The van der Waals surface area contributed by atoms with Crippen LogP contribution in [0.4, 0.5) is 11.4 Å². The molecule has 0 spiro atoms. The first-order chi connectivity index (χ1) is 14.4. The van der Waals surface area contributed by atoms with Crippen LogP contribution in [-0.2, 0) is 0 Å². The van der Waals surface area contributed by atoms with Crippen LogP contribution in [0.5, 0.6) is 0 Å². The molecule has 0 aliphatic carbocycles. The summed E-state index contributed by atoms with van der Waals surface area (Å²) in [5, 5.41) is 4.41. The Morgan fingerprint density at radius 3 is 0.900 bits per heavy atom. The zero-order valence-electron chi connectivity index (χ0n) is 15.7. The molecule has 0 aromatic heterocycles. The molecule has 30 heavy (non-hydrogen) atoms. The van der Waals surface area contributed by atoms with Gasteiger partial charge in [0.2, 0.25) is 0 Å². The van der Waals surface area contributed by atoms with Crippen molar-refractivity contribution < 1.29 is 19.2 Å². The summed E-state index contributed by atoms with van der Waals surface area (Å²) in [6, 6.07) is 20.7. The van der Waals surface area contributed by atoms with Gasteiger partial charge in [-0.3, -0.25) is 29.8 Å². The Morgan fingerprint density at radius 2 is 0.667 bits per heavy atom. The lowest BCUT2D eigenvalue weighted by molar-refractivity contribution is 0.0863. The normalized spacial score (nSPS) is 13.1. The second-order valence-electron chi connectivity index (χ2n) is 6.29. The van der Waals surface area contributed by atoms with Crippen molar-refractivity contribution in [1.82, 2.24) is 10.6 Å². The average Bonchev–Trinajstić information content (AvgIpc) is 3.21. The smallest absolute Gasteiger partial charge is 0.258 e. The standard InChI is InChI=1S/2C8H5NO2.C6H8N2/c2*10-7-5-3-1-2-4-6(5)8(11)9-7;7-5-3-1-2-4-6(5)8/h2*1-4H,(H,9,10,11);1-4H,7-8H2. The second-order valence-corrected chi connectivity index (χ2v) is 6.29. The van der Waals surface area contributed by atoms with E-state index in [4.69, 9.17) is 11.5 Å². The second kappa shape index (κ2) is 8.70. The number of para-hydroxylation sites is 2. The Morgan fingerprint density at radius 1 is 0.433 bits per heavy atom. The van der Waals surface area contributed by atoms with E-state index in [0.29, 0.717) is 33.6 Å². The predicted molar refractivity (Wildman–Crippen MR) is 112 cm³/mol. The molecule has 0 bridgehead atoms. The van der Waals surface area contributed by atoms with Crippen molar-refractivity contribution in [3.05, 3.63) is 95.1 Å². The molecule has 0 fully saturated rings. The third-order valence-corrected chi connectivity index (χ3v) is 4.28. The molecule has 5 rings (SSSR count). The molecule has 0 saturated heterocycles. The fraction of sp³-hybridized carbons (Fsp3) is 0. The van der Waals surface area contributed by atoms with E-state index in [1.807, 2.05) is 12.1 Å². The summed E-state index contributed by atoms with van der Waals surface area (Å²) >= 11 is 0. The van der Waals surface area contributed by atoms with Crippen LogP contribution in [0.1, 0.15) is 41.4 Å². The number of carbonyl (C=O) groups excluding carboxylic acids is 4. The van der Waals surface area contributed by atoms with Crippen molar-refractivity contribution in [2.24, 2.45) is 0 Å². The fourth-order valence-corrected chi connectivity index (χ4v) is 2.74. The van der Waals surface area contributed by atoms with E-state index in [1.54, 1.807) is 60.7 Å². The van der Waals surface area contributed by atoms with Gasteiger partial charge in [0, 0.05) is 0 Å². The lowest BCUT2D eigenvalue weighted by Gasteiger charge is -1.94. The molecule has 0 saturated carbocycles. The lowest BCUT2D eigenvalue weighted by atomic mass is 10.1. The molecule has 0 radical (unpaired) electrons. The maximum absolute atomic E-state index is 10.9. The molecule has 150 valence electrons. The number of nitrogen functional groups attached to an aromatic ring is 2. The molecule has 8 heteroatoms. The monoisotopic (exact) mass is 402 g/mol. The third kappa shape index (κ3) is 4.33. The molecule has 3 aromatic carbocycles. The summed E-state index contributed by atoms with van der Waals surface area (Å²) in [4.78, 5) is 43.8. The van der Waals surface area contributed by atoms with E-state index < -0.39 is 0 Å². The average molecular weight is 402 g/mol. The minimum atomic E-state index is -0.300. The number of amides is 4. The van der Waals surface area contributed by atoms with Crippen LogP contribution in [0.3, 0.4) is 0 Å². The molecule has 6 N–H and O–H groups in total. The lowest BCUT2D eigenvalue weighted by Crippen LogP contribution is -2.19. The van der Waals surface area contributed by atoms with E-state index in [9.17, 15) is 19.2 Å². The fourth-order valence-electron chi connectivity index (χ4n) is 2.74. The summed E-state index contributed by atoms with van der Waals surface area (Å²) in [7, 11) is 0. The van der Waals surface area contributed by atoms with Crippen molar-refractivity contribution in [2.75, 3.05) is 11.5 Å². The SMILES string of the molecule is Nc1ccccc1N.O=C1NC(=O)c2ccccc21.O=C1NC(=O)c2ccccc21. The van der Waals surface area contributed by atoms with Gasteiger partial charge in [-0.25, -0.2) is 0 Å². The van der Waals surface area contributed by atoms with Crippen LogP contribution in [0.2, 0.25) is 0 Å². The van der Waals surface area contributed by atoms with Crippen molar-refractivity contribution in [3.63, 3.8) is 0 Å². The van der Waals surface area contributed by atoms with Gasteiger partial charge in [0.15, 0.2) is 0 Å². The Balaban J connectivity index is 0.000000130. The number of benzene rings is 3. The van der Waals surface area contributed by atoms with Gasteiger partial charge < -0.3 is 11.5 Å². The summed E-state index contributed by atoms with van der Waals surface area (Å²) in [5.41, 5.74) is 14.0. The zero-order valence-corrected chi connectivity index (χ0v) is 15.7. The molecule has 2 aliphatic rings. The number of imide groups is 2. The number of hydrogen-bond acceptors (Lipinski definition) is 6. The van der Waals surface area contributed by atoms with Crippen LogP contribution in [0.25, 0.3) is 0 Å². The Hall–Kier alpha value is -4.46. The first kappa shape index (κ1) is 20.3. The highest BCUT2D eigenvalue weighted by Crippen LogP contribution is 2.14. The van der Waals surface area contributed by atoms with Gasteiger partial charge >= 0.3 is 0 Å². The van der Waals surface area contributed by atoms with Crippen molar-refractivity contribution in [2.45, 2.75) is 0 Å². The largest absolute Gasteiger partial charge is 0.397 e. The number of carbonyl (C=O) groups is 4. The molecule has 0 atom stereocenters. The molecular formula is C22H18N4O4. The van der Waals surface area contributed by atoms with Gasteiger partial charge in [0.05, 0.1) is 33.6 Å². The van der Waals surface area contributed by atoms with Crippen molar-refractivity contribution in [3.8, 4) is 0 Å². The van der Waals surface area contributed by atoms with E-state index in [2.05, 4.69) is 10.6 Å². The van der Waals surface area contributed by atoms with E-state index >= 15 is 0 Å². The van der Waals surface area contributed by atoms with Gasteiger partial charge in [0.1, 0.15) is 0 Å². The van der Waals surface area contributed by atoms with E-state index in [-0.39, 0.29) is 23.6 Å². The summed E-state index contributed by atoms with van der Waals surface area (Å²) < 4.78 is 0. The minimum Gasteiger partial charge on any atom is -0.397 e. The van der Waals surface area contributed by atoms with Crippen LogP contribution in [-0.4, -0.2) is 23.6 Å². The Labute approximate surface area is 171 Å². The topological polar surface area (TPSA) is 144 Å². The van der Waals surface area contributed by atoms with Gasteiger partial charge in [-0.2, -0.15) is 0 Å². The number of hydrogen-bond donors (Lipinski definition) is 4. The predicted octanol–water partition coefficient (Wildman–Crippen LogP) is 1.99. The van der Waals surface area contributed by atoms with E-state index in [1.165, 1.54) is 0 Å². The molecular weight excluding hydrogens is 384 g/mol. The molecule has 2 heterocycles. The number of rotatable bonds is 0. The van der Waals surface area contributed by atoms with Crippen molar-refractivity contribution >= 4 is 35.0 Å². The first-order valence-electron chi connectivity index (χ1n) is 8.88. The summed E-state index contributed by atoms with van der Waals surface area (Å²) in [6.45, 7) is 0. The van der Waals surface area contributed by atoms with E-state index in [0.717, 1.165) is 0 Å². The van der Waals surface area contributed by atoms with Crippen LogP contribution in [0.15, 0.2) is 72.8 Å². The van der Waals surface area contributed by atoms with Crippen LogP contribution >= 0.6 is 0 Å². The van der Waals surface area contributed by atoms with Gasteiger partial charge in [0.25, 0.3) is 23.6 Å². The summed E-state index contributed by atoms with van der Waals surface area (Å²) in [5.74, 6) is -1.20. The quantitative estimate of drug-likeness (QED) is 0.334. The molecule has 0 unspecified atom stereocenters. The maximum atomic E-state index is 10.9. The van der Waals surface area contributed by atoms with Crippen LogP contribution in [0, 0.1) is 0 Å². The molecule has 4 amide bonds. The maximum Gasteiger partial charge on any atom is 0.258 e. The van der Waals surface area contributed by atoms with Gasteiger partial charge in [-0.15, -0.1) is 0 Å². The number of fused-ring (bicyclic) bond motifs is 2. The molecule has 2 aliphatic heterocycles.